The number of thioether (sulfide) groups is 1. The van der Waals surface area contributed by atoms with Crippen molar-refractivity contribution >= 4 is 22.8 Å². The van der Waals surface area contributed by atoms with Crippen LogP contribution in [0.15, 0.2) is 16.0 Å². The van der Waals surface area contributed by atoms with Crippen LogP contribution in [0.5, 0.6) is 0 Å². The number of nitrogens with zero attached hydrogens (tertiary/aromatic N) is 2. The summed E-state index contributed by atoms with van der Waals surface area (Å²) in [6.07, 6.45) is 1.81. The number of carbonyl (C=O) groups excluding carboxylic acids is 1. The molecule has 2 aliphatic rings. The van der Waals surface area contributed by atoms with Gasteiger partial charge in [-0.15, -0.1) is 0 Å². The zero-order chi connectivity index (χ0) is 9.97. The number of rotatable bonds is 0. The highest BCUT2D eigenvalue weighted by Crippen LogP contribution is 2.28. The summed E-state index contributed by atoms with van der Waals surface area (Å²) in [5.74, 6) is -0.112. The number of allylic oxidation sites excluding steroid dienone is 1. The van der Waals surface area contributed by atoms with Crippen molar-refractivity contribution in [1.82, 2.24) is 4.90 Å². The number of amides is 1. The van der Waals surface area contributed by atoms with E-state index < -0.39 is 0 Å². The van der Waals surface area contributed by atoms with Crippen LogP contribution in [-0.2, 0) is 9.53 Å². The maximum atomic E-state index is 11.3. The van der Waals surface area contributed by atoms with Crippen LogP contribution in [0.4, 0.5) is 0 Å². The molecular weight excluding hydrogens is 200 g/mol. The van der Waals surface area contributed by atoms with E-state index in [0.717, 1.165) is 36.4 Å². The number of hydrogen-bond donors (Lipinski definition) is 0. The molecule has 0 unspecified atom stereocenters. The normalized spacial score (nSPS) is 25.8. The number of aliphatic imine (C=N–C) groups is 1. The van der Waals surface area contributed by atoms with E-state index in [4.69, 9.17) is 4.74 Å². The molecular formula is C9H12N2O2S. The molecule has 0 N–H and O–H groups in total. The van der Waals surface area contributed by atoms with E-state index in [1.54, 1.807) is 0 Å². The average molecular weight is 212 g/mol. The first-order chi connectivity index (χ1) is 6.81. The fraction of sp³-hybridized carbons (Fsp3) is 0.556. The minimum absolute atomic E-state index is 0.112. The Morgan fingerprint density at radius 3 is 2.79 bits per heavy atom. The largest absolute Gasteiger partial charge is 0.378 e. The second-order valence-corrected chi connectivity index (χ2v) is 4.06. The van der Waals surface area contributed by atoms with Crippen molar-refractivity contribution in [3.8, 4) is 0 Å². The van der Waals surface area contributed by atoms with Crippen LogP contribution in [0.1, 0.15) is 6.92 Å². The number of ether oxygens (including phenoxy) is 1. The van der Waals surface area contributed by atoms with Crippen molar-refractivity contribution in [3.63, 3.8) is 0 Å². The minimum atomic E-state index is -0.112. The third kappa shape index (κ3) is 1.83. The predicted molar refractivity (Wildman–Crippen MR) is 56.2 cm³/mol. The smallest absolute Gasteiger partial charge is 0.285 e. The van der Waals surface area contributed by atoms with E-state index in [2.05, 4.69) is 9.89 Å². The monoisotopic (exact) mass is 212 g/mol. The first kappa shape index (κ1) is 9.73. The van der Waals surface area contributed by atoms with Gasteiger partial charge >= 0.3 is 0 Å². The molecule has 14 heavy (non-hydrogen) atoms. The highest BCUT2D eigenvalue weighted by Gasteiger charge is 2.26. The number of hydrogen-bond acceptors (Lipinski definition) is 4. The zero-order valence-corrected chi connectivity index (χ0v) is 8.84. The maximum absolute atomic E-state index is 11.3. The molecule has 0 atom stereocenters. The molecule has 5 heteroatoms. The summed E-state index contributed by atoms with van der Waals surface area (Å²) in [6, 6.07) is 0. The average Bonchev–Trinajstić information content (AvgIpc) is 2.61. The fourth-order valence-electron chi connectivity index (χ4n) is 1.38. The van der Waals surface area contributed by atoms with Crippen molar-refractivity contribution in [2.75, 3.05) is 26.3 Å². The lowest BCUT2D eigenvalue weighted by Crippen LogP contribution is -2.38. The van der Waals surface area contributed by atoms with Crippen molar-refractivity contribution in [2.24, 2.45) is 4.99 Å². The Labute approximate surface area is 87.0 Å². The van der Waals surface area contributed by atoms with Gasteiger partial charge in [-0.2, -0.15) is 4.99 Å². The SMILES string of the molecule is C/C=C1\SC(N2CCOCC2)=NC1=O. The van der Waals surface area contributed by atoms with Crippen LogP contribution in [0.25, 0.3) is 0 Å². The summed E-state index contributed by atoms with van der Waals surface area (Å²) >= 11 is 1.46. The van der Waals surface area contributed by atoms with Gasteiger partial charge in [-0.3, -0.25) is 4.79 Å². The molecule has 0 aromatic rings. The van der Waals surface area contributed by atoms with Gasteiger partial charge in [0.05, 0.1) is 18.1 Å². The highest BCUT2D eigenvalue weighted by molar-refractivity contribution is 8.18. The van der Waals surface area contributed by atoms with Gasteiger partial charge in [0, 0.05) is 13.1 Å². The third-order valence-electron chi connectivity index (χ3n) is 2.15. The lowest BCUT2D eigenvalue weighted by Gasteiger charge is -2.27. The van der Waals surface area contributed by atoms with Gasteiger partial charge in [-0.25, -0.2) is 0 Å². The van der Waals surface area contributed by atoms with E-state index in [-0.39, 0.29) is 5.91 Å². The Balaban J connectivity index is 2.06. The first-order valence-corrected chi connectivity index (χ1v) is 5.43. The lowest BCUT2D eigenvalue weighted by atomic mass is 10.5. The molecule has 0 aromatic heterocycles. The van der Waals surface area contributed by atoms with Gasteiger partial charge in [0.2, 0.25) is 0 Å². The van der Waals surface area contributed by atoms with Crippen LogP contribution in [0.3, 0.4) is 0 Å². The van der Waals surface area contributed by atoms with Crippen LogP contribution in [0, 0.1) is 0 Å². The van der Waals surface area contributed by atoms with E-state index in [1.807, 2.05) is 13.0 Å². The van der Waals surface area contributed by atoms with Crippen molar-refractivity contribution in [3.05, 3.63) is 11.0 Å². The molecule has 4 nitrogen and oxygen atoms in total. The Kier molecular flexibility index (Phi) is 2.88. The fourth-order valence-corrected chi connectivity index (χ4v) is 2.27. The molecule has 0 spiro atoms. The van der Waals surface area contributed by atoms with Crippen LogP contribution >= 0.6 is 11.8 Å². The summed E-state index contributed by atoms with van der Waals surface area (Å²) < 4.78 is 5.23. The Hall–Kier alpha value is -0.810. The number of morpholine rings is 1. The topological polar surface area (TPSA) is 41.9 Å². The van der Waals surface area contributed by atoms with Crippen molar-refractivity contribution in [1.29, 1.82) is 0 Å². The molecule has 0 aromatic carbocycles. The van der Waals surface area contributed by atoms with E-state index >= 15 is 0 Å². The summed E-state index contributed by atoms with van der Waals surface area (Å²) in [5.41, 5.74) is 0. The minimum Gasteiger partial charge on any atom is -0.378 e. The van der Waals surface area contributed by atoms with Crippen molar-refractivity contribution in [2.45, 2.75) is 6.92 Å². The standard InChI is InChI=1S/C9H12N2O2S/c1-2-7-8(12)10-9(14-7)11-3-5-13-6-4-11/h2H,3-6H2,1H3/b7-2-. The predicted octanol–water partition coefficient (Wildman–Crippen LogP) is 0.852. The Morgan fingerprint density at radius 1 is 1.50 bits per heavy atom. The summed E-state index contributed by atoms with van der Waals surface area (Å²) in [6.45, 7) is 4.96. The van der Waals surface area contributed by atoms with E-state index in [1.165, 1.54) is 11.8 Å². The molecule has 2 aliphatic heterocycles. The van der Waals surface area contributed by atoms with Gasteiger partial charge in [0.1, 0.15) is 0 Å². The molecule has 76 valence electrons. The summed E-state index contributed by atoms with van der Waals surface area (Å²) in [4.78, 5) is 18.2. The second-order valence-electron chi connectivity index (χ2n) is 3.05. The first-order valence-electron chi connectivity index (χ1n) is 4.61. The van der Waals surface area contributed by atoms with Gasteiger partial charge in [0.15, 0.2) is 5.17 Å². The molecule has 2 heterocycles. The molecule has 0 aliphatic carbocycles. The summed E-state index contributed by atoms with van der Waals surface area (Å²) in [7, 11) is 0. The number of amidine groups is 1. The van der Waals surface area contributed by atoms with Crippen molar-refractivity contribution < 1.29 is 9.53 Å². The van der Waals surface area contributed by atoms with E-state index in [0.29, 0.717) is 0 Å². The van der Waals surface area contributed by atoms with Crippen LogP contribution in [0.2, 0.25) is 0 Å². The van der Waals surface area contributed by atoms with Crippen LogP contribution in [-0.4, -0.2) is 42.3 Å². The molecule has 0 saturated carbocycles. The molecule has 1 saturated heterocycles. The van der Waals surface area contributed by atoms with Gasteiger partial charge in [0.25, 0.3) is 5.91 Å². The lowest BCUT2D eigenvalue weighted by molar-refractivity contribution is -0.113. The third-order valence-corrected chi connectivity index (χ3v) is 3.32. The van der Waals surface area contributed by atoms with Gasteiger partial charge in [-0.05, 0) is 18.7 Å². The molecule has 0 bridgehead atoms. The number of carbonyl (C=O) groups is 1. The molecule has 0 radical (unpaired) electrons. The highest BCUT2D eigenvalue weighted by atomic mass is 32.2. The Morgan fingerprint density at radius 2 is 2.21 bits per heavy atom. The van der Waals surface area contributed by atoms with Crippen LogP contribution < -0.4 is 0 Å². The summed E-state index contributed by atoms with van der Waals surface area (Å²) in [5, 5.41) is 0.825. The zero-order valence-electron chi connectivity index (χ0n) is 8.02. The van der Waals surface area contributed by atoms with E-state index in [9.17, 15) is 4.79 Å². The quantitative estimate of drug-likeness (QED) is 0.558. The maximum Gasteiger partial charge on any atom is 0.285 e. The molecule has 2 rings (SSSR count). The van der Waals surface area contributed by atoms with Gasteiger partial charge < -0.3 is 9.64 Å². The molecule has 1 amide bonds. The Bertz CT molecular complexity index is 306. The van der Waals surface area contributed by atoms with Gasteiger partial charge in [-0.1, -0.05) is 6.08 Å². The molecule has 1 fully saturated rings. The second kappa shape index (κ2) is 4.14.